The van der Waals surface area contributed by atoms with Gasteiger partial charge in [-0.05, 0) is 23.1 Å². The highest BCUT2D eigenvalue weighted by molar-refractivity contribution is 9.10. The van der Waals surface area contributed by atoms with Crippen LogP contribution in [-0.4, -0.2) is 10.8 Å². The summed E-state index contributed by atoms with van der Waals surface area (Å²) in [6.07, 6.45) is 3.89. The van der Waals surface area contributed by atoms with Gasteiger partial charge in [-0.25, -0.2) is 0 Å². The second kappa shape index (κ2) is 5.55. The third-order valence-electron chi connectivity index (χ3n) is 3.29. The minimum Gasteiger partial charge on any atom is -0.294 e. The molecule has 0 bridgehead atoms. The topological polar surface area (TPSA) is 30.0 Å². The van der Waals surface area contributed by atoms with E-state index in [1.54, 1.807) is 12.4 Å². The number of Topliss-reactive ketones (excluding diaryl/α,β-unsaturated/α-hetero) is 1. The summed E-state index contributed by atoms with van der Waals surface area (Å²) >= 11 is 3.48. The van der Waals surface area contributed by atoms with Crippen LogP contribution in [0.1, 0.15) is 15.9 Å². The number of benzene rings is 2. The van der Waals surface area contributed by atoms with Gasteiger partial charge in [0.05, 0.1) is 0 Å². The predicted molar refractivity (Wildman–Crippen MR) is 83.9 cm³/mol. The Bertz CT molecular complexity index is 777. The number of aromatic nitrogens is 1. The van der Waals surface area contributed by atoms with Gasteiger partial charge in [0.15, 0.2) is 5.78 Å². The van der Waals surface area contributed by atoms with Crippen molar-refractivity contribution in [2.24, 2.45) is 0 Å². The van der Waals surface area contributed by atoms with Crippen molar-refractivity contribution in [2.75, 3.05) is 0 Å². The van der Waals surface area contributed by atoms with Crippen LogP contribution in [0.3, 0.4) is 0 Å². The molecule has 0 saturated carbocycles. The fourth-order valence-electron chi connectivity index (χ4n) is 2.28. The van der Waals surface area contributed by atoms with E-state index in [0.29, 0.717) is 6.42 Å². The number of halogens is 1. The van der Waals surface area contributed by atoms with E-state index in [0.717, 1.165) is 26.4 Å². The normalized spacial score (nSPS) is 10.7. The summed E-state index contributed by atoms with van der Waals surface area (Å²) in [6, 6.07) is 15.4. The first-order valence-corrected chi connectivity index (χ1v) is 7.14. The van der Waals surface area contributed by atoms with E-state index < -0.39 is 0 Å². The zero-order valence-corrected chi connectivity index (χ0v) is 12.3. The molecule has 3 aromatic rings. The van der Waals surface area contributed by atoms with Gasteiger partial charge in [0, 0.05) is 34.2 Å². The van der Waals surface area contributed by atoms with Crippen molar-refractivity contribution >= 4 is 32.5 Å². The Morgan fingerprint density at radius 3 is 2.75 bits per heavy atom. The summed E-state index contributed by atoms with van der Waals surface area (Å²) in [6.45, 7) is 0. The summed E-state index contributed by atoms with van der Waals surface area (Å²) in [4.78, 5) is 16.6. The van der Waals surface area contributed by atoms with Crippen LogP contribution in [-0.2, 0) is 6.42 Å². The Hall–Kier alpha value is -2.00. The van der Waals surface area contributed by atoms with Crippen molar-refractivity contribution in [3.8, 4) is 0 Å². The molecule has 0 radical (unpaired) electrons. The summed E-state index contributed by atoms with van der Waals surface area (Å²) in [5.74, 6) is 0.119. The quantitative estimate of drug-likeness (QED) is 0.667. The standard InChI is InChI=1S/C17H12BrNO/c18-16-7-2-1-4-12(16)10-17(20)15-6-3-5-13-11-19-9-8-14(13)15/h1-9,11H,10H2. The SMILES string of the molecule is O=C(Cc1ccccc1Br)c1cccc2cnccc12. The van der Waals surface area contributed by atoms with Crippen molar-refractivity contribution in [3.05, 3.63) is 76.5 Å². The third-order valence-corrected chi connectivity index (χ3v) is 4.06. The molecule has 0 unspecified atom stereocenters. The molecule has 0 aliphatic carbocycles. The molecule has 3 heteroatoms. The van der Waals surface area contributed by atoms with Crippen molar-refractivity contribution in [1.82, 2.24) is 4.98 Å². The molecular formula is C17H12BrNO. The zero-order chi connectivity index (χ0) is 13.9. The number of rotatable bonds is 3. The first kappa shape index (κ1) is 13.0. The number of nitrogens with zero attached hydrogens (tertiary/aromatic N) is 1. The third kappa shape index (κ3) is 2.49. The van der Waals surface area contributed by atoms with E-state index in [2.05, 4.69) is 20.9 Å². The average Bonchev–Trinajstić information content (AvgIpc) is 2.49. The second-order valence-electron chi connectivity index (χ2n) is 4.59. The Morgan fingerprint density at radius 1 is 1.05 bits per heavy atom. The minimum atomic E-state index is 0.119. The molecule has 1 aromatic heterocycles. The lowest BCUT2D eigenvalue weighted by Crippen LogP contribution is -2.04. The van der Waals surface area contributed by atoms with Crippen molar-refractivity contribution in [1.29, 1.82) is 0 Å². The van der Waals surface area contributed by atoms with Gasteiger partial charge in [0.2, 0.25) is 0 Å². The highest BCUT2D eigenvalue weighted by atomic mass is 79.9. The Kier molecular flexibility index (Phi) is 3.61. The number of hydrogen-bond acceptors (Lipinski definition) is 2. The summed E-state index contributed by atoms with van der Waals surface area (Å²) in [7, 11) is 0. The number of carbonyl (C=O) groups excluding carboxylic acids is 1. The molecule has 1 heterocycles. The molecule has 2 aromatic carbocycles. The van der Waals surface area contributed by atoms with Gasteiger partial charge in [-0.1, -0.05) is 52.3 Å². The fourth-order valence-corrected chi connectivity index (χ4v) is 2.70. The van der Waals surface area contributed by atoms with E-state index >= 15 is 0 Å². The number of hydrogen-bond donors (Lipinski definition) is 0. The summed E-state index contributed by atoms with van der Waals surface area (Å²) in [5.41, 5.74) is 1.75. The van der Waals surface area contributed by atoms with Crippen LogP contribution >= 0.6 is 15.9 Å². The molecule has 98 valence electrons. The molecule has 2 nitrogen and oxygen atoms in total. The van der Waals surface area contributed by atoms with Crippen LogP contribution < -0.4 is 0 Å². The zero-order valence-electron chi connectivity index (χ0n) is 10.7. The number of fused-ring (bicyclic) bond motifs is 1. The van der Waals surface area contributed by atoms with Gasteiger partial charge in [-0.2, -0.15) is 0 Å². The van der Waals surface area contributed by atoms with Crippen LogP contribution in [0.2, 0.25) is 0 Å². The minimum absolute atomic E-state index is 0.119. The van der Waals surface area contributed by atoms with Crippen molar-refractivity contribution < 1.29 is 4.79 Å². The van der Waals surface area contributed by atoms with Crippen LogP contribution in [0, 0.1) is 0 Å². The van der Waals surface area contributed by atoms with Gasteiger partial charge < -0.3 is 0 Å². The lowest BCUT2D eigenvalue weighted by atomic mass is 9.98. The van der Waals surface area contributed by atoms with E-state index in [-0.39, 0.29) is 5.78 Å². The predicted octanol–water partition coefficient (Wildman–Crippen LogP) is 4.42. The lowest BCUT2D eigenvalue weighted by molar-refractivity contribution is 0.0994. The molecule has 0 spiro atoms. The first-order chi connectivity index (χ1) is 9.75. The smallest absolute Gasteiger partial charge is 0.167 e. The monoisotopic (exact) mass is 325 g/mol. The van der Waals surface area contributed by atoms with Gasteiger partial charge in [0.1, 0.15) is 0 Å². The average molecular weight is 326 g/mol. The van der Waals surface area contributed by atoms with Gasteiger partial charge >= 0.3 is 0 Å². The fraction of sp³-hybridized carbons (Fsp3) is 0.0588. The molecule has 0 fully saturated rings. The molecule has 0 N–H and O–H groups in total. The first-order valence-electron chi connectivity index (χ1n) is 6.35. The van der Waals surface area contributed by atoms with E-state index in [1.165, 1.54) is 0 Å². The van der Waals surface area contributed by atoms with Crippen LogP contribution in [0.15, 0.2) is 65.4 Å². The van der Waals surface area contributed by atoms with Gasteiger partial charge in [-0.3, -0.25) is 9.78 Å². The number of pyridine rings is 1. The Balaban J connectivity index is 1.99. The summed E-state index contributed by atoms with van der Waals surface area (Å²) in [5, 5.41) is 1.95. The molecule has 0 saturated heterocycles. The van der Waals surface area contributed by atoms with E-state index in [1.807, 2.05) is 48.5 Å². The van der Waals surface area contributed by atoms with Crippen molar-refractivity contribution in [2.45, 2.75) is 6.42 Å². The van der Waals surface area contributed by atoms with Gasteiger partial charge in [-0.15, -0.1) is 0 Å². The molecule has 0 atom stereocenters. The second-order valence-corrected chi connectivity index (χ2v) is 5.45. The number of ketones is 1. The molecular weight excluding hydrogens is 314 g/mol. The molecule has 20 heavy (non-hydrogen) atoms. The maximum Gasteiger partial charge on any atom is 0.167 e. The van der Waals surface area contributed by atoms with E-state index in [4.69, 9.17) is 0 Å². The lowest BCUT2D eigenvalue weighted by Gasteiger charge is -2.07. The van der Waals surface area contributed by atoms with Crippen molar-refractivity contribution in [3.63, 3.8) is 0 Å². The summed E-state index contributed by atoms with van der Waals surface area (Å²) < 4.78 is 0.968. The largest absolute Gasteiger partial charge is 0.294 e. The maximum atomic E-state index is 12.5. The van der Waals surface area contributed by atoms with Crippen LogP contribution in [0.5, 0.6) is 0 Å². The van der Waals surface area contributed by atoms with E-state index in [9.17, 15) is 4.79 Å². The Labute approximate surface area is 125 Å². The molecule has 0 amide bonds. The van der Waals surface area contributed by atoms with Crippen LogP contribution in [0.4, 0.5) is 0 Å². The molecule has 3 rings (SSSR count). The maximum absolute atomic E-state index is 12.5. The molecule has 0 aliphatic rings. The highest BCUT2D eigenvalue weighted by Gasteiger charge is 2.12. The number of carbonyl (C=O) groups is 1. The highest BCUT2D eigenvalue weighted by Crippen LogP contribution is 2.22. The Morgan fingerprint density at radius 2 is 1.90 bits per heavy atom. The van der Waals surface area contributed by atoms with Gasteiger partial charge in [0.25, 0.3) is 0 Å². The van der Waals surface area contributed by atoms with Crippen LogP contribution in [0.25, 0.3) is 10.8 Å². The molecule has 0 aliphatic heterocycles.